The minimum atomic E-state index is 0.141. The van der Waals surface area contributed by atoms with Crippen molar-refractivity contribution in [1.82, 2.24) is 4.90 Å². The lowest BCUT2D eigenvalue weighted by Gasteiger charge is -2.18. The summed E-state index contributed by atoms with van der Waals surface area (Å²) in [4.78, 5) is 26.0. The van der Waals surface area contributed by atoms with Crippen LogP contribution in [0.15, 0.2) is 24.3 Å². The van der Waals surface area contributed by atoms with Gasteiger partial charge in [0, 0.05) is 37.5 Å². The molecular formula is C21H30N2O3. The van der Waals surface area contributed by atoms with E-state index in [9.17, 15) is 9.59 Å². The maximum Gasteiger partial charge on any atom is 0.222 e. The Bertz CT molecular complexity index is 629. The van der Waals surface area contributed by atoms with Gasteiger partial charge in [-0.3, -0.25) is 9.59 Å². The van der Waals surface area contributed by atoms with Crippen LogP contribution in [0.25, 0.3) is 0 Å². The van der Waals surface area contributed by atoms with Crippen molar-refractivity contribution >= 4 is 11.7 Å². The molecule has 142 valence electrons. The highest BCUT2D eigenvalue weighted by molar-refractivity contribution is 5.95. The molecule has 2 aliphatic rings. The summed E-state index contributed by atoms with van der Waals surface area (Å²) in [7, 11) is 0. The molecular weight excluding hydrogens is 328 g/mol. The summed E-state index contributed by atoms with van der Waals surface area (Å²) in [6, 6.07) is 7.56. The van der Waals surface area contributed by atoms with Crippen LogP contribution in [0.1, 0.15) is 55.8 Å². The molecule has 0 bridgehead atoms. The van der Waals surface area contributed by atoms with Crippen molar-refractivity contribution in [1.29, 1.82) is 0 Å². The third kappa shape index (κ3) is 4.44. The first-order chi connectivity index (χ1) is 12.6. The first-order valence-corrected chi connectivity index (χ1v) is 9.88. The van der Waals surface area contributed by atoms with Crippen LogP contribution in [0.2, 0.25) is 0 Å². The normalized spacial score (nSPS) is 24.5. The van der Waals surface area contributed by atoms with E-state index in [1.165, 1.54) is 6.42 Å². The topological polar surface area (TPSA) is 72.6 Å². The number of nitrogens with two attached hydrogens (primary N) is 1. The highest BCUT2D eigenvalue weighted by Gasteiger charge is 2.42. The molecule has 1 aliphatic carbocycles. The molecule has 5 heteroatoms. The van der Waals surface area contributed by atoms with E-state index in [1.807, 2.05) is 24.0 Å². The molecule has 26 heavy (non-hydrogen) atoms. The van der Waals surface area contributed by atoms with Gasteiger partial charge in [-0.2, -0.15) is 0 Å². The average Bonchev–Trinajstić information content (AvgIpc) is 3.23. The third-order valence-electron chi connectivity index (χ3n) is 5.82. The number of unbranched alkanes of at least 4 members (excludes halogenated alkanes) is 1. The van der Waals surface area contributed by atoms with E-state index in [0.29, 0.717) is 31.3 Å². The molecule has 1 aromatic carbocycles. The maximum absolute atomic E-state index is 12.4. The highest BCUT2D eigenvalue weighted by Crippen LogP contribution is 2.37. The van der Waals surface area contributed by atoms with Gasteiger partial charge < -0.3 is 15.4 Å². The number of carbonyl (C=O) groups excluding carboxylic acids is 2. The minimum Gasteiger partial charge on any atom is -0.494 e. The number of Topliss-reactive ketones (excluding diaryl/α,β-unsaturated/α-hetero) is 1. The van der Waals surface area contributed by atoms with Crippen molar-refractivity contribution < 1.29 is 14.3 Å². The van der Waals surface area contributed by atoms with Gasteiger partial charge in [-0.1, -0.05) is 6.92 Å². The van der Waals surface area contributed by atoms with E-state index in [2.05, 4.69) is 0 Å². The number of rotatable bonds is 8. The molecule has 3 atom stereocenters. The molecule has 3 rings (SSSR count). The molecule has 1 heterocycles. The monoisotopic (exact) mass is 358 g/mol. The molecule has 1 saturated carbocycles. The predicted molar refractivity (Wildman–Crippen MR) is 101 cm³/mol. The lowest BCUT2D eigenvalue weighted by molar-refractivity contribution is -0.130. The molecule has 2 N–H and O–H groups in total. The van der Waals surface area contributed by atoms with E-state index < -0.39 is 0 Å². The van der Waals surface area contributed by atoms with Gasteiger partial charge in [0.15, 0.2) is 5.78 Å². The Morgan fingerprint density at radius 1 is 1.15 bits per heavy atom. The summed E-state index contributed by atoms with van der Waals surface area (Å²) in [5.74, 6) is 2.31. The van der Waals surface area contributed by atoms with Crippen LogP contribution < -0.4 is 10.5 Å². The number of amides is 1. The van der Waals surface area contributed by atoms with Gasteiger partial charge in [0.25, 0.3) is 0 Å². The predicted octanol–water partition coefficient (Wildman–Crippen LogP) is 3.02. The van der Waals surface area contributed by atoms with E-state index in [1.54, 1.807) is 12.1 Å². The van der Waals surface area contributed by atoms with Crippen molar-refractivity contribution in [2.75, 3.05) is 19.7 Å². The van der Waals surface area contributed by atoms with Gasteiger partial charge in [0.05, 0.1) is 6.61 Å². The number of hydrogen-bond donors (Lipinski definition) is 1. The molecule has 2 fully saturated rings. The number of benzene rings is 1. The largest absolute Gasteiger partial charge is 0.494 e. The number of nitrogens with zero attached hydrogens (tertiary/aromatic N) is 1. The Balaban J connectivity index is 1.32. The molecule has 1 saturated heterocycles. The molecule has 3 unspecified atom stereocenters. The average molecular weight is 358 g/mol. The number of hydrogen-bond acceptors (Lipinski definition) is 4. The van der Waals surface area contributed by atoms with Gasteiger partial charge in [0.2, 0.25) is 5.91 Å². The Morgan fingerprint density at radius 2 is 1.92 bits per heavy atom. The quantitative estimate of drug-likeness (QED) is 0.573. The summed E-state index contributed by atoms with van der Waals surface area (Å²) in [5, 5.41) is 0. The van der Waals surface area contributed by atoms with Crippen LogP contribution in [0.5, 0.6) is 5.75 Å². The first-order valence-electron chi connectivity index (χ1n) is 9.88. The first kappa shape index (κ1) is 18.9. The zero-order valence-corrected chi connectivity index (χ0v) is 15.7. The van der Waals surface area contributed by atoms with E-state index >= 15 is 0 Å². The van der Waals surface area contributed by atoms with Crippen LogP contribution in [0, 0.1) is 11.8 Å². The second kappa shape index (κ2) is 8.67. The SMILES string of the molecule is CCC(=O)c1ccc(OCCCCC(=O)N2CC3CCC(N)C3C2)cc1. The third-order valence-corrected chi connectivity index (χ3v) is 5.82. The molecule has 5 nitrogen and oxygen atoms in total. The van der Waals surface area contributed by atoms with Gasteiger partial charge in [-0.05, 0) is 61.8 Å². The number of likely N-dealkylation sites (tertiary alicyclic amines) is 1. The van der Waals surface area contributed by atoms with Gasteiger partial charge in [0.1, 0.15) is 5.75 Å². The number of ether oxygens (including phenoxy) is 1. The Labute approximate surface area is 155 Å². The fourth-order valence-corrected chi connectivity index (χ4v) is 4.18. The summed E-state index contributed by atoms with van der Waals surface area (Å²) in [5.41, 5.74) is 6.86. The molecule has 1 aromatic rings. The maximum atomic E-state index is 12.4. The molecule has 0 spiro atoms. The fourth-order valence-electron chi connectivity index (χ4n) is 4.18. The van der Waals surface area contributed by atoms with Crippen LogP contribution in [-0.2, 0) is 4.79 Å². The smallest absolute Gasteiger partial charge is 0.222 e. The van der Waals surface area contributed by atoms with Crippen molar-refractivity contribution in [3.63, 3.8) is 0 Å². The number of fused-ring (bicyclic) bond motifs is 1. The summed E-state index contributed by atoms with van der Waals surface area (Å²) >= 11 is 0. The summed E-state index contributed by atoms with van der Waals surface area (Å²) in [6.07, 6.45) is 5.07. The zero-order valence-electron chi connectivity index (χ0n) is 15.7. The van der Waals surface area contributed by atoms with E-state index in [0.717, 1.165) is 43.7 Å². The van der Waals surface area contributed by atoms with Crippen molar-refractivity contribution in [3.05, 3.63) is 29.8 Å². The fraction of sp³-hybridized carbons (Fsp3) is 0.619. The highest BCUT2D eigenvalue weighted by atomic mass is 16.5. The second-order valence-corrected chi connectivity index (χ2v) is 7.57. The number of ketones is 1. The van der Waals surface area contributed by atoms with Gasteiger partial charge in [-0.25, -0.2) is 0 Å². The van der Waals surface area contributed by atoms with Crippen LogP contribution in [0.3, 0.4) is 0 Å². The lowest BCUT2D eigenvalue weighted by Crippen LogP contribution is -2.33. The van der Waals surface area contributed by atoms with E-state index in [-0.39, 0.29) is 17.7 Å². The molecule has 0 aromatic heterocycles. The Hall–Kier alpha value is -1.88. The Kier molecular flexibility index (Phi) is 6.30. The van der Waals surface area contributed by atoms with Crippen molar-refractivity contribution in [3.8, 4) is 5.75 Å². The summed E-state index contributed by atoms with van der Waals surface area (Å²) < 4.78 is 5.70. The molecule has 0 radical (unpaired) electrons. The Morgan fingerprint density at radius 3 is 2.62 bits per heavy atom. The van der Waals surface area contributed by atoms with Crippen molar-refractivity contribution in [2.45, 2.75) is 51.5 Å². The van der Waals surface area contributed by atoms with Crippen LogP contribution >= 0.6 is 0 Å². The molecule has 1 amide bonds. The van der Waals surface area contributed by atoms with Crippen LogP contribution in [0.4, 0.5) is 0 Å². The standard InChI is InChI=1S/C21H30N2O3/c1-2-20(24)15-6-9-17(10-7-15)26-12-4-3-5-21(25)23-13-16-8-11-19(22)18(16)14-23/h6-7,9-10,16,18-19H,2-5,8,11-14,22H2,1H3. The van der Waals surface area contributed by atoms with Crippen molar-refractivity contribution in [2.24, 2.45) is 17.6 Å². The minimum absolute atomic E-state index is 0.141. The summed E-state index contributed by atoms with van der Waals surface area (Å²) in [6.45, 7) is 4.20. The zero-order chi connectivity index (χ0) is 18.5. The van der Waals surface area contributed by atoms with Gasteiger partial charge >= 0.3 is 0 Å². The molecule has 1 aliphatic heterocycles. The second-order valence-electron chi connectivity index (χ2n) is 7.57. The number of carbonyl (C=O) groups is 2. The van der Waals surface area contributed by atoms with Crippen LogP contribution in [-0.4, -0.2) is 42.3 Å². The lowest BCUT2D eigenvalue weighted by atomic mass is 9.98. The van der Waals surface area contributed by atoms with E-state index in [4.69, 9.17) is 10.5 Å². The van der Waals surface area contributed by atoms with Gasteiger partial charge in [-0.15, -0.1) is 0 Å².